The molecule has 1 aliphatic rings. The van der Waals surface area contributed by atoms with Gasteiger partial charge in [0.15, 0.2) is 0 Å². The Hall–Kier alpha value is -2.20. The number of nitrogens with one attached hydrogen (secondary N) is 1. The van der Waals surface area contributed by atoms with Crippen molar-refractivity contribution in [1.29, 1.82) is 0 Å². The number of aryl methyl sites for hydroxylation is 1. The van der Waals surface area contributed by atoms with Crippen molar-refractivity contribution in [3.05, 3.63) is 65.5 Å². The van der Waals surface area contributed by atoms with E-state index in [0.29, 0.717) is 0 Å². The van der Waals surface area contributed by atoms with Crippen LogP contribution in [0.4, 0.5) is 0 Å². The van der Waals surface area contributed by atoms with Crippen molar-refractivity contribution in [1.82, 2.24) is 15.2 Å². The predicted octanol–water partition coefficient (Wildman–Crippen LogP) is 3.43. The molecular formula is C21H27N3O. The zero-order chi connectivity index (χ0) is 17.5. The molecule has 3 rings (SSSR count). The fourth-order valence-electron chi connectivity index (χ4n) is 3.36. The fourth-order valence-corrected chi connectivity index (χ4v) is 3.36. The van der Waals surface area contributed by atoms with Gasteiger partial charge in [-0.1, -0.05) is 25.5 Å². The molecule has 1 fully saturated rings. The molecule has 0 bridgehead atoms. The molecule has 1 saturated heterocycles. The monoisotopic (exact) mass is 337 g/mol. The van der Waals surface area contributed by atoms with Gasteiger partial charge >= 0.3 is 0 Å². The molecule has 0 spiro atoms. The van der Waals surface area contributed by atoms with E-state index in [1.807, 2.05) is 24.5 Å². The number of hydrogen-bond donors (Lipinski definition) is 1. The molecule has 2 heterocycles. The highest BCUT2D eigenvalue weighted by Crippen LogP contribution is 2.14. The minimum Gasteiger partial charge on any atom is -0.349 e. The number of nitrogens with zero attached hydrogens (tertiary/aromatic N) is 2. The number of amides is 1. The summed E-state index contributed by atoms with van der Waals surface area (Å²) in [6.07, 6.45) is 7.89. The Balaban J connectivity index is 1.46. The highest BCUT2D eigenvalue weighted by atomic mass is 16.1. The minimum absolute atomic E-state index is 0.0515. The molecule has 0 saturated carbocycles. The predicted molar refractivity (Wildman–Crippen MR) is 100 cm³/mol. The lowest BCUT2D eigenvalue weighted by molar-refractivity contribution is 0.0909. The first-order valence-corrected chi connectivity index (χ1v) is 9.25. The summed E-state index contributed by atoms with van der Waals surface area (Å²) in [5.41, 5.74) is 3.35. The first-order chi connectivity index (χ1) is 12.2. The Morgan fingerprint density at radius 2 is 1.76 bits per heavy atom. The van der Waals surface area contributed by atoms with Crippen LogP contribution in [0.5, 0.6) is 0 Å². The summed E-state index contributed by atoms with van der Waals surface area (Å²) in [6.45, 7) is 5.16. The number of carbonyl (C=O) groups is 1. The van der Waals surface area contributed by atoms with Gasteiger partial charge in [-0.25, -0.2) is 0 Å². The topological polar surface area (TPSA) is 45.2 Å². The number of rotatable bonds is 6. The van der Waals surface area contributed by atoms with E-state index in [0.717, 1.165) is 50.9 Å². The lowest BCUT2D eigenvalue weighted by Gasteiger charge is -2.32. The fraction of sp³-hybridized carbons (Fsp3) is 0.429. The van der Waals surface area contributed by atoms with E-state index in [2.05, 4.69) is 46.4 Å². The second-order valence-electron chi connectivity index (χ2n) is 6.83. The number of piperidine rings is 1. The molecular weight excluding hydrogens is 310 g/mol. The molecule has 1 aliphatic heterocycles. The second kappa shape index (κ2) is 8.77. The van der Waals surface area contributed by atoms with E-state index in [1.165, 1.54) is 11.1 Å². The van der Waals surface area contributed by atoms with Crippen LogP contribution in [-0.2, 0) is 13.0 Å². The van der Waals surface area contributed by atoms with Crippen molar-refractivity contribution < 1.29 is 4.79 Å². The zero-order valence-electron chi connectivity index (χ0n) is 14.9. The molecule has 25 heavy (non-hydrogen) atoms. The van der Waals surface area contributed by atoms with E-state index < -0.39 is 0 Å². The van der Waals surface area contributed by atoms with Crippen LogP contribution in [0.15, 0.2) is 48.8 Å². The summed E-state index contributed by atoms with van der Waals surface area (Å²) in [5, 5.41) is 3.20. The first-order valence-electron chi connectivity index (χ1n) is 9.25. The zero-order valence-corrected chi connectivity index (χ0v) is 14.9. The lowest BCUT2D eigenvalue weighted by atomic mass is 10.0. The SMILES string of the molecule is CCCc1ccc(C(=O)NC2CCN(Cc3ccncc3)CC2)cc1. The van der Waals surface area contributed by atoms with Gasteiger partial charge in [-0.15, -0.1) is 0 Å². The van der Waals surface area contributed by atoms with E-state index in [-0.39, 0.29) is 11.9 Å². The third-order valence-electron chi connectivity index (χ3n) is 4.83. The average Bonchev–Trinajstić information content (AvgIpc) is 2.65. The van der Waals surface area contributed by atoms with Gasteiger partial charge in [0.2, 0.25) is 0 Å². The van der Waals surface area contributed by atoms with Crippen LogP contribution in [-0.4, -0.2) is 34.9 Å². The molecule has 0 atom stereocenters. The molecule has 132 valence electrons. The van der Waals surface area contributed by atoms with Crippen LogP contribution in [0, 0.1) is 0 Å². The summed E-state index contributed by atoms with van der Waals surface area (Å²) >= 11 is 0. The van der Waals surface area contributed by atoms with E-state index >= 15 is 0 Å². The highest BCUT2D eigenvalue weighted by Gasteiger charge is 2.21. The van der Waals surface area contributed by atoms with Crippen LogP contribution in [0.3, 0.4) is 0 Å². The number of pyridine rings is 1. The normalized spacial score (nSPS) is 15.9. The minimum atomic E-state index is 0.0515. The molecule has 2 aromatic rings. The van der Waals surface area contributed by atoms with Crippen LogP contribution in [0.25, 0.3) is 0 Å². The highest BCUT2D eigenvalue weighted by molar-refractivity contribution is 5.94. The Morgan fingerprint density at radius 3 is 2.40 bits per heavy atom. The molecule has 1 amide bonds. The van der Waals surface area contributed by atoms with Gasteiger partial charge in [-0.3, -0.25) is 14.7 Å². The van der Waals surface area contributed by atoms with Crippen molar-refractivity contribution in [2.45, 2.75) is 45.2 Å². The molecule has 1 aromatic heterocycles. The standard InChI is InChI=1S/C21H27N3O/c1-2-3-17-4-6-19(7-5-17)21(25)23-20-10-14-24(15-11-20)16-18-8-12-22-13-9-18/h4-9,12-13,20H,2-3,10-11,14-16H2,1H3,(H,23,25). The molecule has 0 aliphatic carbocycles. The third kappa shape index (κ3) is 5.13. The maximum absolute atomic E-state index is 12.4. The van der Waals surface area contributed by atoms with Crippen LogP contribution in [0.2, 0.25) is 0 Å². The maximum Gasteiger partial charge on any atom is 0.251 e. The summed E-state index contributed by atoms with van der Waals surface area (Å²) < 4.78 is 0. The van der Waals surface area contributed by atoms with Crippen molar-refractivity contribution in [3.8, 4) is 0 Å². The van der Waals surface area contributed by atoms with Gasteiger partial charge in [0, 0.05) is 43.6 Å². The van der Waals surface area contributed by atoms with E-state index in [9.17, 15) is 4.79 Å². The van der Waals surface area contributed by atoms with Gasteiger partial charge < -0.3 is 5.32 Å². The average molecular weight is 337 g/mol. The molecule has 1 aromatic carbocycles. The molecule has 4 heteroatoms. The summed E-state index contributed by atoms with van der Waals surface area (Å²) in [7, 11) is 0. The van der Waals surface area contributed by atoms with Crippen LogP contribution < -0.4 is 5.32 Å². The van der Waals surface area contributed by atoms with Gasteiger partial charge in [0.05, 0.1) is 0 Å². The van der Waals surface area contributed by atoms with Crippen molar-refractivity contribution in [2.24, 2.45) is 0 Å². The van der Waals surface area contributed by atoms with Gasteiger partial charge in [-0.05, 0) is 54.7 Å². The molecule has 4 nitrogen and oxygen atoms in total. The Bertz CT molecular complexity index is 661. The third-order valence-corrected chi connectivity index (χ3v) is 4.83. The van der Waals surface area contributed by atoms with Gasteiger partial charge in [-0.2, -0.15) is 0 Å². The van der Waals surface area contributed by atoms with Crippen molar-refractivity contribution in [3.63, 3.8) is 0 Å². The number of carbonyl (C=O) groups excluding carboxylic acids is 1. The molecule has 0 radical (unpaired) electrons. The maximum atomic E-state index is 12.4. The molecule has 0 unspecified atom stereocenters. The largest absolute Gasteiger partial charge is 0.349 e. The second-order valence-corrected chi connectivity index (χ2v) is 6.83. The smallest absolute Gasteiger partial charge is 0.251 e. The Morgan fingerprint density at radius 1 is 1.08 bits per heavy atom. The summed E-state index contributed by atoms with van der Waals surface area (Å²) in [4.78, 5) is 18.9. The van der Waals surface area contributed by atoms with Crippen molar-refractivity contribution in [2.75, 3.05) is 13.1 Å². The van der Waals surface area contributed by atoms with Crippen LogP contribution >= 0.6 is 0 Å². The molecule has 1 N–H and O–H groups in total. The number of aromatic nitrogens is 1. The number of hydrogen-bond acceptors (Lipinski definition) is 3. The number of likely N-dealkylation sites (tertiary alicyclic amines) is 1. The van der Waals surface area contributed by atoms with E-state index in [1.54, 1.807) is 0 Å². The summed E-state index contributed by atoms with van der Waals surface area (Å²) in [5.74, 6) is 0.0515. The van der Waals surface area contributed by atoms with Crippen LogP contribution in [0.1, 0.15) is 47.7 Å². The number of benzene rings is 1. The quantitative estimate of drug-likeness (QED) is 0.878. The van der Waals surface area contributed by atoms with Gasteiger partial charge in [0.1, 0.15) is 0 Å². The lowest BCUT2D eigenvalue weighted by Crippen LogP contribution is -2.44. The van der Waals surface area contributed by atoms with Crippen molar-refractivity contribution >= 4 is 5.91 Å². The van der Waals surface area contributed by atoms with Gasteiger partial charge in [0.25, 0.3) is 5.91 Å². The summed E-state index contributed by atoms with van der Waals surface area (Å²) in [6, 6.07) is 12.4. The Labute approximate surface area is 150 Å². The van der Waals surface area contributed by atoms with E-state index in [4.69, 9.17) is 0 Å². The Kier molecular flexibility index (Phi) is 6.18. The first kappa shape index (κ1) is 17.6.